The summed E-state index contributed by atoms with van der Waals surface area (Å²) in [5.41, 5.74) is 0.292. The fraction of sp³-hybridized carbons (Fsp3) is 1.00. The Morgan fingerprint density at radius 1 is 1.33 bits per heavy atom. The van der Waals surface area contributed by atoms with Crippen LogP contribution in [0.2, 0.25) is 0 Å². The van der Waals surface area contributed by atoms with E-state index in [4.69, 9.17) is 4.74 Å². The molecule has 18 heavy (non-hydrogen) atoms. The second-order valence-electron chi connectivity index (χ2n) is 6.28. The quantitative estimate of drug-likeness (QED) is 0.834. The summed E-state index contributed by atoms with van der Waals surface area (Å²) in [6.07, 6.45) is 6.77. The van der Waals surface area contributed by atoms with Crippen LogP contribution in [-0.4, -0.2) is 48.8 Å². The lowest BCUT2D eigenvalue weighted by atomic mass is 9.92. The summed E-state index contributed by atoms with van der Waals surface area (Å²) >= 11 is 0. The van der Waals surface area contributed by atoms with Gasteiger partial charge in [0, 0.05) is 37.8 Å². The minimum atomic E-state index is 0.292. The maximum Gasteiger partial charge on any atom is 0.0702 e. The smallest absolute Gasteiger partial charge is 0.0702 e. The Labute approximate surface area is 112 Å². The molecule has 0 spiro atoms. The van der Waals surface area contributed by atoms with Crippen molar-refractivity contribution in [2.75, 3.05) is 26.2 Å². The zero-order chi connectivity index (χ0) is 13.0. The maximum absolute atomic E-state index is 5.91. The Morgan fingerprint density at radius 3 is 2.78 bits per heavy atom. The summed E-state index contributed by atoms with van der Waals surface area (Å²) in [5.74, 6) is 0. The van der Waals surface area contributed by atoms with Gasteiger partial charge in [0.25, 0.3) is 0 Å². The van der Waals surface area contributed by atoms with Crippen molar-refractivity contribution in [3.8, 4) is 0 Å². The van der Waals surface area contributed by atoms with Crippen LogP contribution in [0.4, 0.5) is 0 Å². The van der Waals surface area contributed by atoms with Crippen LogP contribution in [-0.2, 0) is 4.74 Å². The number of rotatable bonds is 4. The SMILES string of the molecule is CCC1CNC(C)(CC)CN1CC1CCCCO1. The van der Waals surface area contributed by atoms with Gasteiger partial charge in [0.2, 0.25) is 0 Å². The van der Waals surface area contributed by atoms with E-state index in [0.717, 1.165) is 19.7 Å². The molecule has 1 N–H and O–H groups in total. The van der Waals surface area contributed by atoms with E-state index < -0.39 is 0 Å². The molecule has 2 rings (SSSR count). The van der Waals surface area contributed by atoms with Crippen LogP contribution in [0.15, 0.2) is 0 Å². The molecule has 0 saturated carbocycles. The Bertz CT molecular complexity index is 253. The Hall–Kier alpha value is -0.120. The average molecular weight is 254 g/mol. The summed E-state index contributed by atoms with van der Waals surface area (Å²) in [6, 6.07) is 0.690. The zero-order valence-corrected chi connectivity index (χ0v) is 12.4. The molecule has 3 atom stereocenters. The van der Waals surface area contributed by atoms with Crippen molar-refractivity contribution in [3.05, 3.63) is 0 Å². The van der Waals surface area contributed by atoms with Crippen molar-refractivity contribution >= 4 is 0 Å². The monoisotopic (exact) mass is 254 g/mol. The molecule has 2 aliphatic rings. The van der Waals surface area contributed by atoms with Crippen molar-refractivity contribution in [3.63, 3.8) is 0 Å². The van der Waals surface area contributed by atoms with E-state index in [0.29, 0.717) is 17.7 Å². The third-order valence-corrected chi connectivity index (χ3v) is 4.80. The molecule has 0 radical (unpaired) electrons. The fourth-order valence-corrected chi connectivity index (χ4v) is 3.19. The molecule has 3 unspecified atom stereocenters. The van der Waals surface area contributed by atoms with E-state index in [2.05, 4.69) is 31.0 Å². The largest absolute Gasteiger partial charge is 0.377 e. The molecular formula is C15H30N2O. The lowest BCUT2D eigenvalue weighted by molar-refractivity contribution is -0.0290. The van der Waals surface area contributed by atoms with Crippen molar-refractivity contribution in [1.29, 1.82) is 0 Å². The third kappa shape index (κ3) is 3.46. The average Bonchev–Trinajstić information content (AvgIpc) is 2.40. The van der Waals surface area contributed by atoms with Gasteiger partial charge < -0.3 is 10.1 Å². The van der Waals surface area contributed by atoms with E-state index in [1.54, 1.807) is 0 Å². The lowest BCUT2D eigenvalue weighted by Gasteiger charge is -2.47. The first-order chi connectivity index (χ1) is 8.67. The Kier molecular flexibility index (Phi) is 5.05. The molecule has 2 saturated heterocycles. The molecule has 2 fully saturated rings. The number of nitrogens with zero attached hydrogens (tertiary/aromatic N) is 1. The lowest BCUT2D eigenvalue weighted by Crippen LogP contribution is -2.63. The van der Waals surface area contributed by atoms with Gasteiger partial charge in [0.1, 0.15) is 0 Å². The fourth-order valence-electron chi connectivity index (χ4n) is 3.19. The standard InChI is InChI=1S/C15H30N2O/c1-4-13-10-16-15(3,5-2)12-17(13)11-14-8-6-7-9-18-14/h13-14,16H,4-12H2,1-3H3. The van der Waals surface area contributed by atoms with Gasteiger partial charge in [-0.15, -0.1) is 0 Å². The van der Waals surface area contributed by atoms with Gasteiger partial charge in [-0.3, -0.25) is 4.90 Å². The van der Waals surface area contributed by atoms with Gasteiger partial charge in [-0.2, -0.15) is 0 Å². The van der Waals surface area contributed by atoms with E-state index >= 15 is 0 Å². The summed E-state index contributed by atoms with van der Waals surface area (Å²) in [4.78, 5) is 2.68. The highest BCUT2D eigenvalue weighted by atomic mass is 16.5. The first kappa shape index (κ1) is 14.3. The molecule has 0 amide bonds. The predicted octanol–water partition coefficient (Wildman–Crippen LogP) is 2.41. The van der Waals surface area contributed by atoms with Crippen molar-refractivity contribution in [1.82, 2.24) is 10.2 Å². The van der Waals surface area contributed by atoms with Crippen molar-refractivity contribution in [2.24, 2.45) is 0 Å². The van der Waals surface area contributed by atoms with Crippen LogP contribution in [0.3, 0.4) is 0 Å². The maximum atomic E-state index is 5.91. The topological polar surface area (TPSA) is 24.5 Å². The number of hydrogen-bond donors (Lipinski definition) is 1. The van der Waals surface area contributed by atoms with Crippen LogP contribution in [0.25, 0.3) is 0 Å². The molecule has 0 bridgehead atoms. The Morgan fingerprint density at radius 2 is 2.17 bits per heavy atom. The molecule has 2 aliphatic heterocycles. The summed E-state index contributed by atoms with van der Waals surface area (Å²) in [7, 11) is 0. The first-order valence-corrected chi connectivity index (χ1v) is 7.77. The third-order valence-electron chi connectivity index (χ3n) is 4.80. The molecule has 3 nitrogen and oxygen atoms in total. The van der Waals surface area contributed by atoms with Gasteiger partial charge in [-0.05, 0) is 39.0 Å². The van der Waals surface area contributed by atoms with Gasteiger partial charge >= 0.3 is 0 Å². The summed E-state index contributed by atoms with van der Waals surface area (Å²) in [6.45, 7) is 11.3. The number of hydrogen-bond acceptors (Lipinski definition) is 3. The van der Waals surface area contributed by atoms with Crippen molar-refractivity contribution in [2.45, 2.75) is 70.6 Å². The van der Waals surface area contributed by atoms with Gasteiger partial charge in [-0.1, -0.05) is 13.8 Å². The predicted molar refractivity (Wildman–Crippen MR) is 75.9 cm³/mol. The number of ether oxygens (including phenoxy) is 1. The van der Waals surface area contributed by atoms with Crippen LogP contribution in [0.1, 0.15) is 52.9 Å². The van der Waals surface area contributed by atoms with Crippen LogP contribution < -0.4 is 5.32 Å². The van der Waals surface area contributed by atoms with Crippen molar-refractivity contribution < 1.29 is 4.74 Å². The first-order valence-electron chi connectivity index (χ1n) is 7.77. The van der Waals surface area contributed by atoms with E-state index in [9.17, 15) is 0 Å². The molecule has 3 heteroatoms. The molecule has 0 aromatic carbocycles. The second kappa shape index (κ2) is 6.36. The van der Waals surface area contributed by atoms with E-state index in [1.165, 1.54) is 38.6 Å². The Balaban J connectivity index is 1.93. The van der Waals surface area contributed by atoms with Crippen LogP contribution in [0, 0.1) is 0 Å². The van der Waals surface area contributed by atoms with Crippen LogP contribution >= 0.6 is 0 Å². The minimum absolute atomic E-state index is 0.292. The molecule has 0 aliphatic carbocycles. The minimum Gasteiger partial charge on any atom is -0.377 e. The molecule has 0 aromatic heterocycles. The summed E-state index contributed by atoms with van der Waals surface area (Å²) < 4.78 is 5.91. The van der Waals surface area contributed by atoms with Gasteiger partial charge in [-0.25, -0.2) is 0 Å². The normalized spacial score (nSPS) is 38.8. The summed E-state index contributed by atoms with van der Waals surface area (Å²) in [5, 5.41) is 3.73. The number of piperazine rings is 1. The van der Waals surface area contributed by atoms with Crippen LogP contribution in [0.5, 0.6) is 0 Å². The van der Waals surface area contributed by atoms with E-state index in [1.807, 2.05) is 0 Å². The molecule has 106 valence electrons. The van der Waals surface area contributed by atoms with Gasteiger partial charge in [0.15, 0.2) is 0 Å². The second-order valence-corrected chi connectivity index (χ2v) is 6.28. The molecule has 0 aromatic rings. The molecular weight excluding hydrogens is 224 g/mol. The highest BCUT2D eigenvalue weighted by molar-refractivity contribution is 4.94. The molecule has 2 heterocycles. The highest BCUT2D eigenvalue weighted by Crippen LogP contribution is 2.23. The zero-order valence-electron chi connectivity index (χ0n) is 12.4. The van der Waals surface area contributed by atoms with E-state index in [-0.39, 0.29) is 0 Å². The number of nitrogens with one attached hydrogen (secondary N) is 1. The van der Waals surface area contributed by atoms with Gasteiger partial charge in [0.05, 0.1) is 6.10 Å². The highest BCUT2D eigenvalue weighted by Gasteiger charge is 2.34.